The molecule has 1 saturated heterocycles. The minimum Gasteiger partial charge on any atom is -0.314 e. The number of hydrogen-bond donors (Lipinski definition) is 1. The Labute approximate surface area is 123 Å². The third-order valence-corrected chi connectivity index (χ3v) is 4.43. The van der Waals surface area contributed by atoms with Gasteiger partial charge < -0.3 is 5.32 Å². The topological polar surface area (TPSA) is 15.3 Å². The maximum absolute atomic E-state index is 13.3. The highest BCUT2D eigenvalue weighted by atomic mass is 79.9. The zero-order valence-corrected chi connectivity index (χ0v) is 13.0. The van der Waals surface area contributed by atoms with Crippen molar-refractivity contribution in [2.24, 2.45) is 0 Å². The molecule has 1 aliphatic heterocycles. The van der Waals surface area contributed by atoms with Crippen LogP contribution in [0.4, 0.5) is 4.39 Å². The van der Waals surface area contributed by atoms with Gasteiger partial charge in [0, 0.05) is 36.7 Å². The lowest BCUT2D eigenvalue weighted by Gasteiger charge is -2.35. The van der Waals surface area contributed by atoms with E-state index < -0.39 is 0 Å². The van der Waals surface area contributed by atoms with Crippen LogP contribution in [0.3, 0.4) is 0 Å². The summed E-state index contributed by atoms with van der Waals surface area (Å²) in [4.78, 5) is 2.52. The molecule has 0 spiro atoms. The van der Waals surface area contributed by atoms with E-state index in [0.29, 0.717) is 6.04 Å². The summed E-state index contributed by atoms with van der Waals surface area (Å²) >= 11 is 3.52. The van der Waals surface area contributed by atoms with Crippen molar-refractivity contribution < 1.29 is 4.39 Å². The highest BCUT2D eigenvalue weighted by Gasteiger charge is 2.23. The summed E-state index contributed by atoms with van der Waals surface area (Å²) in [7, 11) is 0. The summed E-state index contributed by atoms with van der Waals surface area (Å²) in [5.74, 6) is -0.176. The van der Waals surface area contributed by atoms with Crippen LogP contribution in [0, 0.1) is 5.82 Å². The fraction of sp³-hybridized carbons (Fsp3) is 0.600. The van der Waals surface area contributed by atoms with E-state index >= 15 is 0 Å². The van der Waals surface area contributed by atoms with Crippen LogP contribution in [0.15, 0.2) is 22.7 Å². The Kier molecular flexibility index (Phi) is 5.79. The van der Waals surface area contributed by atoms with E-state index in [4.69, 9.17) is 0 Å². The van der Waals surface area contributed by atoms with Crippen LogP contribution in [0.5, 0.6) is 0 Å². The first-order valence-corrected chi connectivity index (χ1v) is 7.91. The molecule has 1 aromatic carbocycles. The molecule has 106 valence electrons. The molecule has 2 rings (SSSR count). The van der Waals surface area contributed by atoms with E-state index in [0.717, 1.165) is 37.1 Å². The standard InChI is InChI=1S/C15H22BrFN2/c1-2-3-4-15(19-9-7-18-8-10-19)13-6-5-12(17)11-14(13)16/h5-6,11,15,18H,2-4,7-10H2,1H3/t15-/m0/s1. The van der Waals surface area contributed by atoms with Crippen molar-refractivity contribution in [3.05, 3.63) is 34.1 Å². The zero-order valence-electron chi connectivity index (χ0n) is 11.5. The Morgan fingerprint density at radius 3 is 2.74 bits per heavy atom. The number of rotatable bonds is 5. The number of halogens is 2. The molecule has 0 bridgehead atoms. The van der Waals surface area contributed by atoms with Gasteiger partial charge in [-0.3, -0.25) is 4.90 Å². The van der Waals surface area contributed by atoms with Crippen LogP contribution < -0.4 is 5.32 Å². The van der Waals surface area contributed by atoms with Gasteiger partial charge in [-0.05, 0) is 24.1 Å². The molecule has 0 aliphatic carbocycles. The van der Waals surface area contributed by atoms with Gasteiger partial charge in [0.2, 0.25) is 0 Å². The monoisotopic (exact) mass is 328 g/mol. The Balaban J connectivity index is 2.19. The minimum absolute atomic E-state index is 0.176. The Morgan fingerprint density at radius 2 is 2.11 bits per heavy atom. The molecule has 1 heterocycles. The van der Waals surface area contributed by atoms with Gasteiger partial charge in [-0.2, -0.15) is 0 Å². The fourth-order valence-corrected chi connectivity index (χ4v) is 3.31. The van der Waals surface area contributed by atoms with Crippen molar-refractivity contribution in [1.29, 1.82) is 0 Å². The van der Waals surface area contributed by atoms with Gasteiger partial charge in [-0.15, -0.1) is 0 Å². The van der Waals surface area contributed by atoms with Gasteiger partial charge in [-0.1, -0.05) is 41.8 Å². The van der Waals surface area contributed by atoms with Crippen LogP contribution >= 0.6 is 15.9 Å². The summed E-state index contributed by atoms with van der Waals surface area (Å²) in [6.45, 7) is 6.44. The first-order chi connectivity index (χ1) is 9.22. The lowest BCUT2D eigenvalue weighted by molar-refractivity contribution is 0.162. The van der Waals surface area contributed by atoms with E-state index in [1.165, 1.54) is 18.4 Å². The number of piperazine rings is 1. The lowest BCUT2D eigenvalue weighted by atomic mass is 9.98. The van der Waals surface area contributed by atoms with Crippen LogP contribution in [-0.2, 0) is 0 Å². The molecule has 1 fully saturated rings. The lowest BCUT2D eigenvalue weighted by Crippen LogP contribution is -2.45. The van der Waals surface area contributed by atoms with Gasteiger partial charge in [0.1, 0.15) is 5.82 Å². The number of unbranched alkanes of at least 4 members (excludes halogenated alkanes) is 1. The van der Waals surface area contributed by atoms with E-state index in [9.17, 15) is 4.39 Å². The van der Waals surface area contributed by atoms with Crippen molar-refractivity contribution in [2.45, 2.75) is 32.2 Å². The van der Waals surface area contributed by atoms with Crippen LogP contribution in [0.25, 0.3) is 0 Å². The van der Waals surface area contributed by atoms with Gasteiger partial charge in [0.05, 0.1) is 0 Å². The number of nitrogens with zero attached hydrogens (tertiary/aromatic N) is 1. The number of nitrogens with one attached hydrogen (secondary N) is 1. The first-order valence-electron chi connectivity index (χ1n) is 7.12. The SMILES string of the molecule is CCCC[C@@H](c1ccc(F)cc1Br)N1CCNCC1. The Hall–Kier alpha value is -0.450. The average Bonchev–Trinajstić information content (AvgIpc) is 2.42. The maximum Gasteiger partial charge on any atom is 0.124 e. The Morgan fingerprint density at radius 1 is 1.37 bits per heavy atom. The van der Waals surface area contributed by atoms with E-state index in [1.54, 1.807) is 12.1 Å². The van der Waals surface area contributed by atoms with Gasteiger partial charge >= 0.3 is 0 Å². The average molecular weight is 329 g/mol. The summed E-state index contributed by atoms with van der Waals surface area (Å²) in [6, 6.07) is 5.48. The van der Waals surface area contributed by atoms with Crippen molar-refractivity contribution in [3.8, 4) is 0 Å². The molecule has 0 saturated carbocycles. The zero-order chi connectivity index (χ0) is 13.7. The minimum atomic E-state index is -0.176. The number of hydrogen-bond acceptors (Lipinski definition) is 2. The van der Waals surface area contributed by atoms with Crippen LogP contribution in [-0.4, -0.2) is 31.1 Å². The van der Waals surface area contributed by atoms with Crippen molar-refractivity contribution in [1.82, 2.24) is 10.2 Å². The normalized spacial score (nSPS) is 18.5. The van der Waals surface area contributed by atoms with Gasteiger partial charge in [0.25, 0.3) is 0 Å². The smallest absolute Gasteiger partial charge is 0.124 e. The quantitative estimate of drug-likeness (QED) is 0.886. The molecule has 0 radical (unpaired) electrons. The van der Waals surface area contributed by atoms with Gasteiger partial charge in [-0.25, -0.2) is 4.39 Å². The van der Waals surface area contributed by atoms with Crippen molar-refractivity contribution in [3.63, 3.8) is 0 Å². The van der Waals surface area contributed by atoms with Crippen molar-refractivity contribution >= 4 is 15.9 Å². The third kappa shape index (κ3) is 4.01. The highest BCUT2D eigenvalue weighted by Crippen LogP contribution is 2.32. The second-order valence-electron chi connectivity index (χ2n) is 5.11. The third-order valence-electron chi connectivity index (χ3n) is 3.74. The molecule has 0 aromatic heterocycles. The molecule has 1 N–H and O–H groups in total. The summed E-state index contributed by atoms with van der Waals surface area (Å²) in [6.07, 6.45) is 3.54. The predicted octanol–water partition coefficient (Wildman–Crippen LogP) is 3.72. The van der Waals surface area contributed by atoms with E-state index in [1.807, 2.05) is 6.07 Å². The van der Waals surface area contributed by atoms with Gasteiger partial charge in [0.15, 0.2) is 0 Å². The largest absolute Gasteiger partial charge is 0.314 e. The second kappa shape index (κ2) is 7.36. The maximum atomic E-state index is 13.3. The summed E-state index contributed by atoms with van der Waals surface area (Å²) < 4.78 is 14.1. The fourth-order valence-electron chi connectivity index (χ4n) is 2.70. The molecule has 1 aliphatic rings. The molecular formula is C15H22BrFN2. The molecule has 1 atom stereocenters. The molecule has 0 amide bonds. The van der Waals surface area contributed by atoms with Crippen LogP contribution in [0.1, 0.15) is 37.8 Å². The second-order valence-corrected chi connectivity index (χ2v) is 5.96. The molecule has 2 nitrogen and oxygen atoms in total. The summed E-state index contributed by atoms with van der Waals surface area (Å²) in [5, 5.41) is 3.39. The molecule has 1 aromatic rings. The Bertz CT molecular complexity index is 405. The summed E-state index contributed by atoms with van der Waals surface area (Å²) in [5.41, 5.74) is 1.22. The van der Waals surface area contributed by atoms with Crippen LogP contribution in [0.2, 0.25) is 0 Å². The van der Waals surface area contributed by atoms with E-state index in [2.05, 4.69) is 33.1 Å². The van der Waals surface area contributed by atoms with E-state index in [-0.39, 0.29) is 5.82 Å². The molecule has 4 heteroatoms. The molecular weight excluding hydrogens is 307 g/mol. The van der Waals surface area contributed by atoms with Crippen molar-refractivity contribution in [2.75, 3.05) is 26.2 Å². The number of benzene rings is 1. The predicted molar refractivity (Wildman–Crippen MR) is 80.8 cm³/mol. The highest BCUT2D eigenvalue weighted by molar-refractivity contribution is 9.10. The molecule has 0 unspecified atom stereocenters. The first kappa shape index (κ1) is 14.9. The molecule has 19 heavy (non-hydrogen) atoms.